The molecule has 0 fully saturated rings. The van der Waals surface area contributed by atoms with Crippen molar-refractivity contribution in [1.82, 2.24) is 4.98 Å². The Morgan fingerprint density at radius 3 is 2.68 bits per heavy atom. The van der Waals surface area contributed by atoms with Crippen molar-refractivity contribution >= 4 is 17.4 Å². The first-order chi connectivity index (χ1) is 10.7. The number of hydrogen-bond acceptors (Lipinski definition) is 3. The number of benzene rings is 1. The smallest absolute Gasteiger partial charge is 0.257 e. The predicted octanol–water partition coefficient (Wildman–Crippen LogP) is 4.08. The fraction of sp³-hybridized carbons (Fsp3) is 0.294. The number of carbonyl (C=O) groups is 1. The molecule has 4 nitrogen and oxygen atoms in total. The average Bonchev–Trinajstić information content (AvgIpc) is 2.54. The first-order valence-electron chi connectivity index (χ1n) is 7.46. The quantitative estimate of drug-likeness (QED) is 0.758. The third-order valence-electron chi connectivity index (χ3n) is 3.23. The molecule has 1 amide bonds. The van der Waals surface area contributed by atoms with E-state index < -0.39 is 5.82 Å². The second-order valence-electron chi connectivity index (χ2n) is 5.00. The van der Waals surface area contributed by atoms with Crippen molar-refractivity contribution in [1.29, 1.82) is 0 Å². The lowest BCUT2D eigenvalue weighted by Gasteiger charge is -2.08. The van der Waals surface area contributed by atoms with Gasteiger partial charge in [0, 0.05) is 12.7 Å². The highest BCUT2D eigenvalue weighted by Gasteiger charge is 2.09. The second-order valence-corrected chi connectivity index (χ2v) is 5.00. The van der Waals surface area contributed by atoms with E-state index in [1.165, 1.54) is 31.2 Å². The van der Waals surface area contributed by atoms with Gasteiger partial charge in [0.15, 0.2) is 0 Å². The van der Waals surface area contributed by atoms with E-state index >= 15 is 0 Å². The molecule has 2 aromatic rings. The van der Waals surface area contributed by atoms with Crippen LogP contribution >= 0.6 is 0 Å². The Morgan fingerprint density at radius 2 is 2.00 bits per heavy atom. The summed E-state index contributed by atoms with van der Waals surface area (Å²) in [6, 6.07) is 9.49. The molecular weight excluding hydrogens is 281 g/mol. The van der Waals surface area contributed by atoms with Gasteiger partial charge in [0.25, 0.3) is 5.91 Å². The van der Waals surface area contributed by atoms with E-state index in [9.17, 15) is 9.18 Å². The minimum atomic E-state index is -0.460. The van der Waals surface area contributed by atoms with Gasteiger partial charge in [-0.1, -0.05) is 31.9 Å². The zero-order chi connectivity index (χ0) is 15.8. The van der Waals surface area contributed by atoms with Crippen LogP contribution in [-0.2, 0) is 0 Å². The normalized spacial score (nSPS) is 10.3. The molecule has 2 N–H and O–H groups in total. The highest BCUT2D eigenvalue weighted by Crippen LogP contribution is 2.14. The Balaban J connectivity index is 1.92. The maximum absolute atomic E-state index is 13.5. The minimum Gasteiger partial charge on any atom is -0.370 e. The van der Waals surface area contributed by atoms with Gasteiger partial charge in [-0.05, 0) is 30.7 Å². The number of para-hydroxylation sites is 1. The molecule has 0 unspecified atom stereocenters. The molecule has 1 aromatic carbocycles. The van der Waals surface area contributed by atoms with Crippen LogP contribution in [-0.4, -0.2) is 17.4 Å². The number of aromatic nitrogens is 1. The van der Waals surface area contributed by atoms with Gasteiger partial charge in [0.05, 0.1) is 11.3 Å². The third-order valence-corrected chi connectivity index (χ3v) is 3.23. The molecule has 0 saturated heterocycles. The summed E-state index contributed by atoms with van der Waals surface area (Å²) < 4.78 is 13.5. The third kappa shape index (κ3) is 4.55. The van der Waals surface area contributed by atoms with Crippen molar-refractivity contribution in [2.75, 3.05) is 17.2 Å². The number of unbranched alkanes of at least 4 members (excludes halogenated alkanes) is 2. The van der Waals surface area contributed by atoms with E-state index in [0.717, 1.165) is 18.8 Å². The summed E-state index contributed by atoms with van der Waals surface area (Å²) in [6.07, 6.45) is 4.92. The first kappa shape index (κ1) is 15.9. The number of rotatable bonds is 7. The van der Waals surface area contributed by atoms with E-state index in [2.05, 4.69) is 22.5 Å². The molecule has 1 heterocycles. The van der Waals surface area contributed by atoms with Gasteiger partial charge >= 0.3 is 0 Å². The molecule has 0 aliphatic rings. The van der Waals surface area contributed by atoms with Crippen LogP contribution < -0.4 is 10.6 Å². The van der Waals surface area contributed by atoms with Crippen LogP contribution in [0.5, 0.6) is 0 Å². The van der Waals surface area contributed by atoms with Gasteiger partial charge in [-0.15, -0.1) is 0 Å². The highest BCUT2D eigenvalue weighted by atomic mass is 19.1. The number of pyridine rings is 1. The van der Waals surface area contributed by atoms with Crippen LogP contribution in [0.4, 0.5) is 15.9 Å². The maximum Gasteiger partial charge on any atom is 0.257 e. The van der Waals surface area contributed by atoms with Crippen molar-refractivity contribution in [3.05, 3.63) is 54.0 Å². The van der Waals surface area contributed by atoms with Gasteiger partial charge in [-0.3, -0.25) is 4.79 Å². The molecule has 0 radical (unpaired) electrons. The number of anilines is 2. The van der Waals surface area contributed by atoms with Gasteiger partial charge in [0.2, 0.25) is 0 Å². The number of nitrogens with one attached hydrogen (secondary N) is 2. The Labute approximate surface area is 129 Å². The SMILES string of the molecule is CCCCCNc1ccc(C(=O)Nc2ccccc2F)cn1. The van der Waals surface area contributed by atoms with Gasteiger partial charge in [0.1, 0.15) is 11.6 Å². The Kier molecular flexibility index (Phi) is 5.89. The van der Waals surface area contributed by atoms with Crippen LogP contribution in [0.2, 0.25) is 0 Å². The minimum absolute atomic E-state index is 0.161. The summed E-state index contributed by atoms with van der Waals surface area (Å²) in [4.78, 5) is 16.2. The lowest BCUT2D eigenvalue weighted by molar-refractivity contribution is 0.102. The van der Waals surface area contributed by atoms with E-state index in [4.69, 9.17) is 0 Å². The number of nitrogens with zero attached hydrogens (tertiary/aromatic N) is 1. The summed E-state index contributed by atoms with van der Waals surface area (Å²) >= 11 is 0. The fourth-order valence-corrected chi connectivity index (χ4v) is 1.98. The van der Waals surface area contributed by atoms with Crippen LogP contribution in [0.3, 0.4) is 0 Å². The number of hydrogen-bond donors (Lipinski definition) is 2. The van der Waals surface area contributed by atoms with Crippen LogP contribution in [0.25, 0.3) is 0 Å². The molecule has 0 aliphatic carbocycles. The monoisotopic (exact) mass is 301 g/mol. The predicted molar refractivity (Wildman–Crippen MR) is 86.6 cm³/mol. The second kappa shape index (κ2) is 8.12. The van der Waals surface area contributed by atoms with Crippen molar-refractivity contribution in [3.63, 3.8) is 0 Å². The molecular formula is C17H20FN3O. The Morgan fingerprint density at radius 1 is 1.18 bits per heavy atom. The van der Waals surface area contributed by atoms with Gasteiger partial charge in [-0.25, -0.2) is 9.37 Å². The molecule has 0 saturated carbocycles. The Bertz CT molecular complexity index is 614. The van der Waals surface area contributed by atoms with Gasteiger partial charge < -0.3 is 10.6 Å². The maximum atomic E-state index is 13.5. The van der Waals surface area contributed by atoms with Crippen LogP contribution in [0.1, 0.15) is 36.5 Å². The van der Waals surface area contributed by atoms with Crippen molar-refractivity contribution < 1.29 is 9.18 Å². The highest BCUT2D eigenvalue weighted by molar-refractivity contribution is 6.04. The van der Waals surface area contributed by atoms with E-state index in [-0.39, 0.29) is 11.6 Å². The number of amides is 1. The Hall–Kier alpha value is -2.43. The van der Waals surface area contributed by atoms with Crippen LogP contribution in [0, 0.1) is 5.82 Å². The molecule has 0 atom stereocenters. The molecule has 0 bridgehead atoms. The summed E-state index contributed by atoms with van der Waals surface area (Å²) in [5.74, 6) is -0.105. The first-order valence-corrected chi connectivity index (χ1v) is 7.46. The number of halogens is 1. The topological polar surface area (TPSA) is 54.0 Å². The zero-order valence-electron chi connectivity index (χ0n) is 12.6. The van der Waals surface area contributed by atoms with E-state index in [1.807, 2.05) is 0 Å². The molecule has 0 aliphatic heterocycles. The molecule has 0 spiro atoms. The lowest BCUT2D eigenvalue weighted by atomic mass is 10.2. The standard InChI is InChI=1S/C17H20FN3O/c1-2-3-6-11-19-16-10-9-13(12-20-16)17(22)21-15-8-5-4-7-14(15)18/h4-5,7-10,12H,2-3,6,11H2,1H3,(H,19,20)(H,21,22). The molecule has 116 valence electrons. The van der Waals surface area contributed by atoms with Crippen molar-refractivity contribution in [2.45, 2.75) is 26.2 Å². The molecule has 22 heavy (non-hydrogen) atoms. The van der Waals surface area contributed by atoms with E-state index in [0.29, 0.717) is 5.56 Å². The van der Waals surface area contributed by atoms with E-state index in [1.54, 1.807) is 24.3 Å². The molecule has 2 rings (SSSR count). The van der Waals surface area contributed by atoms with Crippen molar-refractivity contribution in [2.24, 2.45) is 0 Å². The summed E-state index contributed by atoms with van der Waals surface area (Å²) in [7, 11) is 0. The molecule has 5 heteroatoms. The summed E-state index contributed by atoms with van der Waals surface area (Å²) in [6.45, 7) is 3.02. The van der Waals surface area contributed by atoms with Crippen LogP contribution in [0.15, 0.2) is 42.6 Å². The van der Waals surface area contributed by atoms with Gasteiger partial charge in [-0.2, -0.15) is 0 Å². The number of carbonyl (C=O) groups excluding carboxylic acids is 1. The largest absolute Gasteiger partial charge is 0.370 e. The average molecular weight is 301 g/mol. The molecule has 1 aromatic heterocycles. The lowest BCUT2D eigenvalue weighted by Crippen LogP contribution is -2.13. The summed E-state index contributed by atoms with van der Waals surface area (Å²) in [5.41, 5.74) is 0.552. The fourth-order valence-electron chi connectivity index (χ4n) is 1.98. The zero-order valence-corrected chi connectivity index (χ0v) is 12.6. The summed E-state index contributed by atoms with van der Waals surface area (Å²) in [5, 5.41) is 5.73. The van der Waals surface area contributed by atoms with Crippen molar-refractivity contribution in [3.8, 4) is 0 Å².